The number of benzene rings is 2. The minimum Gasteiger partial charge on any atom is -0.507 e. The van der Waals surface area contributed by atoms with Crippen molar-refractivity contribution in [2.45, 2.75) is 54.1 Å². The molecule has 2 aromatic carbocycles. The molecule has 2 rings (SSSR count). The predicted molar refractivity (Wildman–Crippen MR) is 109 cm³/mol. The van der Waals surface area contributed by atoms with Gasteiger partial charge in [-0.2, -0.15) is 0 Å². The summed E-state index contributed by atoms with van der Waals surface area (Å²) in [6, 6.07) is 5.81. The van der Waals surface area contributed by atoms with Crippen molar-refractivity contribution in [2.24, 2.45) is 0 Å². The van der Waals surface area contributed by atoms with Gasteiger partial charge in [0.15, 0.2) is 0 Å². The summed E-state index contributed by atoms with van der Waals surface area (Å²) >= 11 is 0. The summed E-state index contributed by atoms with van der Waals surface area (Å²) in [5.41, 5.74) is 5.36. The zero-order chi connectivity index (χ0) is 20.3. The first-order chi connectivity index (χ1) is 12.6. The van der Waals surface area contributed by atoms with Gasteiger partial charge in [-0.25, -0.2) is 4.79 Å². The maximum absolute atomic E-state index is 11.6. The Labute approximate surface area is 161 Å². The van der Waals surface area contributed by atoms with E-state index in [0.717, 1.165) is 22.3 Å². The third-order valence-electron chi connectivity index (χ3n) is 4.51. The number of aromatic carboxylic acids is 1. The number of ether oxygens (including phenoxy) is 1. The highest BCUT2D eigenvalue weighted by atomic mass is 16.5. The standard InChI is InChI=1S/C23H28O4/c1-13(2)27-22-17(6)20(23(25)26)14(3)12-19(22)9-7-8-18-10-15(4)21(24)16(5)11-18/h7,9-13,24H,8H2,1-6H3,(H,25,26). The van der Waals surface area contributed by atoms with Crippen LogP contribution in [0.5, 0.6) is 11.5 Å². The fourth-order valence-corrected chi connectivity index (χ4v) is 3.33. The Morgan fingerprint density at radius 1 is 1.07 bits per heavy atom. The lowest BCUT2D eigenvalue weighted by Gasteiger charge is -2.18. The van der Waals surface area contributed by atoms with Crippen molar-refractivity contribution in [3.05, 3.63) is 63.2 Å². The van der Waals surface area contributed by atoms with Crippen molar-refractivity contribution < 1.29 is 19.7 Å². The summed E-state index contributed by atoms with van der Waals surface area (Å²) in [6.45, 7) is 11.2. The van der Waals surface area contributed by atoms with Crippen LogP contribution in [0.3, 0.4) is 0 Å². The van der Waals surface area contributed by atoms with E-state index in [2.05, 4.69) is 0 Å². The molecule has 0 aliphatic rings. The molecule has 4 nitrogen and oxygen atoms in total. The Bertz CT molecular complexity index is 869. The van der Waals surface area contributed by atoms with Gasteiger partial charge in [0.25, 0.3) is 0 Å². The van der Waals surface area contributed by atoms with Crippen molar-refractivity contribution in [3.8, 4) is 11.5 Å². The van der Waals surface area contributed by atoms with E-state index in [1.165, 1.54) is 0 Å². The van der Waals surface area contributed by atoms with Crippen LogP contribution in [-0.2, 0) is 6.42 Å². The molecule has 27 heavy (non-hydrogen) atoms. The fourth-order valence-electron chi connectivity index (χ4n) is 3.33. The molecule has 0 spiro atoms. The van der Waals surface area contributed by atoms with Gasteiger partial charge in [-0.3, -0.25) is 0 Å². The highest BCUT2D eigenvalue weighted by Crippen LogP contribution is 2.32. The Balaban J connectivity index is 2.39. The smallest absolute Gasteiger partial charge is 0.336 e. The van der Waals surface area contributed by atoms with E-state index >= 15 is 0 Å². The second kappa shape index (κ2) is 8.30. The fraction of sp³-hybridized carbons (Fsp3) is 0.348. The first kappa shape index (κ1) is 20.6. The Hall–Kier alpha value is -2.75. The molecule has 0 saturated carbocycles. The molecule has 0 aliphatic heterocycles. The summed E-state index contributed by atoms with van der Waals surface area (Å²) in [5, 5.41) is 19.4. The molecule has 0 atom stereocenters. The van der Waals surface area contributed by atoms with Gasteiger partial charge in [-0.1, -0.05) is 24.3 Å². The lowest BCUT2D eigenvalue weighted by molar-refractivity contribution is 0.0694. The van der Waals surface area contributed by atoms with Gasteiger partial charge >= 0.3 is 5.97 Å². The van der Waals surface area contributed by atoms with Gasteiger partial charge in [-0.15, -0.1) is 0 Å². The Morgan fingerprint density at radius 3 is 2.19 bits per heavy atom. The van der Waals surface area contributed by atoms with Crippen molar-refractivity contribution in [2.75, 3.05) is 0 Å². The number of phenols is 1. The summed E-state index contributed by atoms with van der Waals surface area (Å²) in [7, 11) is 0. The molecule has 0 aromatic heterocycles. The molecule has 0 fully saturated rings. The maximum atomic E-state index is 11.6. The zero-order valence-corrected chi connectivity index (χ0v) is 16.9. The number of rotatable bonds is 6. The number of aromatic hydroxyl groups is 1. The first-order valence-corrected chi connectivity index (χ1v) is 9.11. The van der Waals surface area contributed by atoms with Crippen LogP contribution in [0.1, 0.15) is 57.6 Å². The molecule has 0 heterocycles. The van der Waals surface area contributed by atoms with Crippen molar-refractivity contribution in [1.82, 2.24) is 0 Å². The van der Waals surface area contributed by atoms with Crippen LogP contribution in [0.2, 0.25) is 0 Å². The van der Waals surface area contributed by atoms with Gasteiger partial charge in [0.1, 0.15) is 11.5 Å². The lowest BCUT2D eigenvalue weighted by Crippen LogP contribution is -2.12. The van der Waals surface area contributed by atoms with Crippen molar-refractivity contribution >= 4 is 12.0 Å². The maximum Gasteiger partial charge on any atom is 0.336 e. The molecule has 0 radical (unpaired) electrons. The molecule has 4 heteroatoms. The van der Waals surface area contributed by atoms with Crippen LogP contribution in [0.25, 0.3) is 6.08 Å². The number of aryl methyl sites for hydroxylation is 3. The SMILES string of the molecule is Cc1cc(CC=Cc2cc(C)c(C(=O)O)c(C)c2OC(C)C)cc(C)c1O. The zero-order valence-electron chi connectivity index (χ0n) is 16.9. The van der Waals surface area contributed by atoms with E-state index in [0.29, 0.717) is 34.6 Å². The summed E-state index contributed by atoms with van der Waals surface area (Å²) < 4.78 is 5.93. The van der Waals surface area contributed by atoms with E-state index in [1.54, 1.807) is 13.8 Å². The minimum atomic E-state index is -0.941. The average molecular weight is 368 g/mol. The second-order valence-corrected chi connectivity index (χ2v) is 7.27. The van der Waals surface area contributed by atoms with E-state index in [1.807, 2.05) is 58.0 Å². The number of phenolic OH excluding ortho intramolecular Hbond substituents is 1. The normalized spacial score (nSPS) is 11.4. The number of allylic oxidation sites excluding steroid dienone is 1. The predicted octanol–water partition coefficient (Wildman–Crippen LogP) is 5.37. The first-order valence-electron chi connectivity index (χ1n) is 9.11. The van der Waals surface area contributed by atoms with Crippen LogP contribution < -0.4 is 4.74 Å². The molecule has 144 valence electrons. The monoisotopic (exact) mass is 368 g/mol. The highest BCUT2D eigenvalue weighted by Gasteiger charge is 2.18. The van der Waals surface area contributed by atoms with Crippen LogP contribution >= 0.6 is 0 Å². The van der Waals surface area contributed by atoms with E-state index in [4.69, 9.17) is 4.74 Å². The number of carboxylic acid groups (broad SMARTS) is 1. The summed E-state index contributed by atoms with van der Waals surface area (Å²) in [6.07, 6.45) is 4.66. The van der Waals surface area contributed by atoms with Crippen LogP contribution in [-0.4, -0.2) is 22.3 Å². The van der Waals surface area contributed by atoms with Crippen molar-refractivity contribution in [3.63, 3.8) is 0 Å². The van der Waals surface area contributed by atoms with Gasteiger partial charge in [-0.05, 0) is 76.3 Å². The topological polar surface area (TPSA) is 66.8 Å². The van der Waals surface area contributed by atoms with Gasteiger partial charge < -0.3 is 14.9 Å². The molecular formula is C23H28O4. The molecule has 0 unspecified atom stereocenters. The van der Waals surface area contributed by atoms with Gasteiger partial charge in [0, 0.05) is 11.1 Å². The molecule has 0 aliphatic carbocycles. The number of carbonyl (C=O) groups is 1. The van der Waals surface area contributed by atoms with Crippen LogP contribution in [0.15, 0.2) is 24.3 Å². The van der Waals surface area contributed by atoms with E-state index < -0.39 is 5.97 Å². The summed E-state index contributed by atoms with van der Waals surface area (Å²) in [4.78, 5) is 11.6. The van der Waals surface area contributed by atoms with E-state index in [-0.39, 0.29) is 6.10 Å². The number of hydrogen-bond acceptors (Lipinski definition) is 3. The molecule has 0 saturated heterocycles. The van der Waals surface area contributed by atoms with E-state index in [9.17, 15) is 15.0 Å². The van der Waals surface area contributed by atoms with Crippen LogP contribution in [0.4, 0.5) is 0 Å². The third-order valence-corrected chi connectivity index (χ3v) is 4.51. The minimum absolute atomic E-state index is 0.0531. The van der Waals surface area contributed by atoms with Gasteiger partial charge in [0.2, 0.25) is 0 Å². The number of carboxylic acids is 1. The molecule has 0 amide bonds. The lowest BCUT2D eigenvalue weighted by atomic mass is 9.97. The third kappa shape index (κ3) is 4.70. The Kier molecular flexibility index (Phi) is 6.32. The molecule has 2 aromatic rings. The van der Waals surface area contributed by atoms with Crippen molar-refractivity contribution in [1.29, 1.82) is 0 Å². The Morgan fingerprint density at radius 2 is 1.67 bits per heavy atom. The second-order valence-electron chi connectivity index (χ2n) is 7.27. The quantitative estimate of drug-likeness (QED) is 0.719. The molecular weight excluding hydrogens is 340 g/mol. The summed E-state index contributed by atoms with van der Waals surface area (Å²) in [5.74, 6) is 0.0114. The van der Waals surface area contributed by atoms with Crippen LogP contribution in [0, 0.1) is 27.7 Å². The highest BCUT2D eigenvalue weighted by molar-refractivity contribution is 5.92. The molecule has 0 bridgehead atoms. The number of hydrogen-bond donors (Lipinski definition) is 2. The molecule has 2 N–H and O–H groups in total. The largest absolute Gasteiger partial charge is 0.507 e. The average Bonchev–Trinajstić information content (AvgIpc) is 2.55. The van der Waals surface area contributed by atoms with Gasteiger partial charge in [0.05, 0.1) is 11.7 Å².